The van der Waals surface area contributed by atoms with E-state index < -0.39 is 21.6 Å². The van der Waals surface area contributed by atoms with Crippen molar-refractivity contribution in [2.45, 2.75) is 46.1 Å². The molecular formula is C16H25NO5S. The van der Waals surface area contributed by atoms with E-state index >= 15 is 0 Å². The van der Waals surface area contributed by atoms with Crippen LogP contribution in [0.15, 0.2) is 18.2 Å². The van der Waals surface area contributed by atoms with E-state index in [-0.39, 0.29) is 5.75 Å². The van der Waals surface area contributed by atoms with Crippen LogP contribution in [0.2, 0.25) is 0 Å². The second-order valence-corrected chi connectivity index (χ2v) is 7.70. The van der Waals surface area contributed by atoms with Crippen molar-refractivity contribution in [2.24, 2.45) is 0 Å². The Morgan fingerprint density at radius 3 is 2.48 bits per heavy atom. The Bertz CT molecular complexity index is 652. The van der Waals surface area contributed by atoms with Crippen LogP contribution in [-0.4, -0.2) is 32.9 Å². The number of carbonyl (C=O) groups excluding carboxylic acids is 1. The van der Waals surface area contributed by atoms with Gasteiger partial charge in [0.05, 0.1) is 12.9 Å². The molecule has 0 atom stereocenters. The minimum absolute atomic E-state index is 0.0934. The lowest BCUT2D eigenvalue weighted by molar-refractivity contribution is -0.156. The van der Waals surface area contributed by atoms with Crippen LogP contribution in [0.3, 0.4) is 0 Å². The van der Waals surface area contributed by atoms with Gasteiger partial charge >= 0.3 is 5.97 Å². The van der Waals surface area contributed by atoms with Crippen LogP contribution in [0, 0.1) is 6.92 Å². The number of methoxy groups -OCH3 is 1. The van der Waals surface area contributed by atoms with Gasteiger partial charge in [0, 0.05) is 5.69 Å². The molecule has 6 nitrogen and oxygen atoms in total. The van der Waals surface area contributed by atoms with Gasteiger partial charge in [-0.15, -0.1) is 0 Å². The van der Waals surface area contributed by atoms with Gasteiger partial charge in [-0.1, -0.05) is 13.3 Å². The van der Waals surface area contributed by atoms with Gasteiger partial charge in [-0.2, -0.15) is 0 Å². The highest BCUT2D eigenvalue weighted by molar-refractivity contribution is 7.92. The number of nitrogens with one attached hydrogen (secondary N) is 1. The average molecular weight is 343 g/mol. The molecule has 23 heavy (non-hydrogen) atoms. The van der Waals surface area contributed by atoms with E-state index in [2.05, 4.69) is 4.72 Å². The highest BCUT2D eigenvalue weighted by Crippen LogP contribution is 2.26. The summed E-state index contributed by atoms with van der Waals surface area (Å²) < 4.78 is 36.7. The molecular weight excluding hydrogens is 318 g/mol. The van der Waals surface area contributed by atoms with Crippen molar-refractivity contribution in [2.75, 3.05) is 17.6 Å². The maximum atomic E-state index is 11.9. The molecule has 0 fully saturated rings. The summed E-state index contributed by atoms with van der Waals surface area (Å²) in [4.78, 5) is 11.7. The molecule has 130 valence electrons. The highest BCUT2D eigenvalue weighted by Gasteiger charge is 2.31. The van der Waals surface area contributed by atoms with E-state index in [1.54, 1.807) is 39.0 Å². The zero-order valence-corrected chi connectivity index (χ0v) is 15.1. The zero-order chi connectivity index (χ0) is 17.7. The smallest absolute Gasteiger partial charge is 0.349 e. The Labute approximate surface area is 138 Å². The van der Waals surface area contributed by atoms with Gasteiger partial charge < -0.3 is 9.47 Å². The predicted molar refractivity (Wildman–Crippen MR) is 90.2 cm³/mol. The lowest BCUT2D eigenvalue weighted by atomic mass is 10.1. The molecule has 0 aliphatic heterocycles. The topological polar surface area (TPSA) is 81.7 Å². The van der Waals surface area contributed by atoms with E-state index in [0.717, 1.165) is 12.0 Å². The van der Waals surface area contributed by atoms with E-state index in [9.17, 15) is 13.2 Å². The first-order chi connectivity index (χ1) is 10.6. The Kier molecular flexibility index (Phi) is 6.44. The van der Waals surface area contributed by atoms with E-state index in [1.165, 1.54) is 7.11 Å². The molecule has 1 rings (SSSR count). The summed E-state index contributed by atoms with van der Waals surface area (Å²) in [5, 5.41) is 0. The number of sulfonamides is 1. The standard InChI is InChI=1S/C16H25NO5S/c1-6-7-10-23(19,20)17-13-8-9-14(12(2)11-13)22-16(3,4)15(18)21-5/h8-9,11,17H,6-7,10H2,1-5H3. The maximum Gasteiger partial charge on any atom is 0.349 e. The first-order valence-electron chi connectivity index (χ1n) is 7.50. The van der Waals surface area contributed by atoms with Gasteiger partial charge in [0.15, 0.2) is 5.60 Å². The van der Waals surface area contributed by atoms with Gasteiger partial charge in [-0.05, 0) is 51.0 Å². The van der Waals surface area contributed by atoms with Crippen molar-refractivity contribution < 1.29 is 22.7 Å². The third-order valence-corrected chi connectivity index (χ3v) is 4.63. The molecule has 1 aromatic carbocycles. The zero-order valence-electron chi connectivity index (χ0n) is 14.3. The summed E-state index contributed by atoms with van der Waals surface area (Å²) in [6.07, 6.45) is 1.43. The minimum Gasteiger partial charge on any atom is -0.476 e. The number of anilines is 1. The summed E-state index contributed by atoms with van der Waals surface area (Å²) in [7, 11) is -2.04. The summed E-state index contributed by atoms with van der Waals surface area (Å²) >= 11 is 0. The van der Waals surface area contributed by atoms with Crippen molar-refractivity contribution in [3.8, 4) is 5.75 Å². The molecule has 0 radical (unpaired) electrons. The third kappa shape index (κ3) is 5.74. The summed E-state index contributed by atoms with van der Waals surface area (Å²) in [6, 6.07) is 4.92. The fraction of sp³-hybridized carbons (Fsp3) is 0.562. The molecule has 0 heterocycles. The molecule has 0 bridgehead atoms. The number of rotatable bonds is 8. The Morgan fingerprint density at radius 2 is 1.96 bits per heavy atom. The van der Waals surface area contributed by atoms with Crippen LogP contribution in [0.25, 0.3) is 0 Å². The minimum atomic E-state index is -3.34. The van der Waals surface area contributed by atoms with E-state index in [1.807, 2.05) is 6.92 Å². The number of unbranched alkanes of at least 4 members (excludes halogenated alkanes) is 1. The molecule has 1 N–H and O–H groups in total. The predicted octanol–water partition coefficient (Wildman–Crippen LogP) is 2.87. The summed E-state index contributed by atoms with van der Waals surface area (Å²) in [5.74, 6) is 0.106. The van der Waals surface area contributed by atoms with Crippen LogP contribution >= 0.6 is 0 Å². The molecule has 1 aromatic rings. The number of ether oxygens (including phenoxy) is 2. The normalized spacial score (nSPS) is 11.9. The molecule has 0 saturated heterocycles. The van der Waals surface area contributed by atoms with Gasteiger partial charge in [0.2, 0.25) is 10.0 Å². The monoisotopic (exact) mass is 343 g/mol. The van der Waals surface area contributed by atoms with Gasteiger partial charge in [-0.3, -0.25) is 4.72 Å². The molecule has 0 aliphatic carbocycles. The highest BCUT2D eigenvalue weighted by atomic mass is 32.2. The number of aryl methyl sites for hydroxylation is 1. The van der Waals surface area contributed by atoms with Crippen molar-refractivity contribution in [3.63, 3.8) is 0 Å². The van der Waals surface area contributed by atoms with Crippen LogP contribution in [-0.2, 0) is 19.6 Å². The first-order valence-corrected chi connectivity index (χ1v) is 9.15. The molecule has 0 spiro atoms. The third-order valence-electron chi connectivity index (χ3n) is 3.26. The Morgan fingerprint density at radius 1 is 1.30 bits per heavy atom. The quantitative estimate of drug-likeness (QED) is 0.734. The fourth-order valence-electron chi connectivity index (χ4n) is 1.95. The second kappa shape index (κ2) is 7.68. The Hall–Kier alpha value is -1.76. The SMILES string of the molecule is CCCCS(=O)(=O)Nc1ccc(OC(C)(C)C(=O)OC)c(C)c1. The molecule has 7 heteroatoms. The lowest BCUT2D eigenvalue weighted by Gasteiger charge is -2.24. The molecule has 0 saturated carbocycles. The molecule has 0 amide bonds. The average Bonchev–Trinajstić information content (AvgIpc) is 2.46. The van der Waals surface area contributed by atoms with Crippen LogP contribution in [0.4, 0.5) is 5.69 Å². The van der Waals surface area contributed by atoms with Crippen molar-refractivity contribution in [3.05, 3.63) is 23.8 Å². The molecule has 0 aromatic heterocycles. The van der Waals surface area contributed by atoms with Gasteiger partial charge in [0.25, 0.3) is 0 Å². The van der Waals surface area contributed by atoms with E-state index in [4.69, 9.17) is 9.47 Å². The van der Waals surface area contributed by atoms with Gasteiger partial charge in [-0.25, -0.2) is 13.2 Å². The molecule has 0 aliphatic rings. The maximum absolute atomic E-state index is 11.9. The number of benzene rings is 1. The number of hydrogen-bond donors (Lipinski definition) is 1. The van der Waals surface area contributed by atoms with Crippen molar-refractivity contribution >= 4 is 21.7 Å². The van der Waals surface area contributed by atoms with Crippen molar-refractivity contribution in [1.82, 2.24) is 0 Å². The summed E-state index contributed by atoms with van der Waals surface area (Å²) in [5.41, 5.74) is 0.0706. The number of hydrogen-bond acceptors (Lipinski definition) is 5. The van der Waals surface area contributed by atoms with Crippen LogP contribution in [0.5, 0.6) is 5.75 Å². The summed E-state index contributed by atoms with van der Waals surface area (Å²) in [6.45, 7) is 6.95. The van der Waals surface area contributed by atoms with Gasteiger partial charge in [0.1, 0.15) is 5.75 Å². The van der Waals surface area contributed by atoms with Crippen LogP contribution < -0.4 is 9.46 Å². The number of esters is 1. The Balaban J connectivity index is 2.89. The molecule has 0 unspecified atom stereocenters. The largest absolute Gasteiger partial charge is 0.476 e. The number of carbonyl (C=O) groups is 1. The fourth-order valence-corrected chi connectivity index (χ4v) is 3.21. The second-order valence-electron chi connectivity index (χ2n) is 5.86. The van der Waals surface area contributed by atoms with Crippen molar-refractivity contribution in [1.29, 1.82) is 0 Å². The lowest BCUT2D eigenvalue weighted by Crippen LogP contribution is -2.39. The van der Waals surface area contributed by atoms with Crippen LogP contribution in [0.1, 0.15) is 39.2 Å². The first kappa shape index (κ1) is 19.3. The van der Waals surface area contributed by atoms with E-state index in [0.29, 0.717) is 17.9 Å².